The molecule has 1 heterocycles. The van der Waals surface area contributed by atoms with Gasteiger partial charge in [0.25, 0.3) is 5.03 Å². The molecule has 19 heavy (non-hydrogen) atoms. The van der Waals surface area contributed by atoms with Crippen molar-refractivity contribution in [1.29, 1.82) is 0 Å². The minimum atomic E-state index is -1.28. The topological polar surface area (TPSA) is 62.0 Å². The number of benzene rings is 2. The van der Waals surface area contributed by atoms with E-state index in [-0.39, 0.29) is 0 Å². The van der Waals surface area contributed by atoms with Gasteiger partial charge in [0.1, 0.15) is 0 Å². The minimum absolute atomic E-state index is 0.559. The van der Waals surface area contributed by atoms with E-state index in [1.54, 1.807) is 30.3 Å². The van der Waals surface area contributed by atoms with Gasteiger partial charge in [0.15, 0.2) is 4.90 Å². The van der Waals surface area contributed by atoms with Crippen LogP contribution in [-0.2, 0) is 11.2 Å². The van der Waals surface area contributed by atoms with E-state index in [0.717, 1.165) is 10.9 Å². The first kappa shape index (κ1) is 12.0. The Morgan fingerprint density at radius 1 is 0.895 bits per heavy atom. The fraction of sp³-hybridized carbons (Fsp3) is 0. The first-order valence-electron chi connectivity index (χ1n) is 5.87. The Kier molecular flexibility index (Phi) is 3.11. The number of aromatic nitrogens is 1. The summed E-state index contributed by atoms with van der Waals surface area (Å²) in [6.45, 7) is 0. The van der Waals surface area contributed by atoms with E-state index in [0.29, 0.717) is 15.6 Å². The molecule has 0 aliphatic heterocycles. The van der Waals surface area contributed by atoms with Crippen LogP contribution in [0, 0.1) is 0 Å². The molecule has 3 nitrogen and oxygen atoms in total. The van der Waals surface area contributed by atoms with Crippen molar-refractivity contribution in [2.45, 2.75) is 9.92 Å². The number of nitrogen functional groups attached to an aromatic ring is 1. The number of nitrogens with zero attached hydrogens (tertiary/aromatic N) is 1. The molecule has 0 aliphatic rings. The smallest absolute Gasteiger partial charge is 0.250 e. The van der Waals surface area contributed by atoms with E-state index in [9.17, 15) is 4.55 Å². The van der Waals surface area contributed by atoms with Crippen LogP contribution in [0.5, 0.6) is 0 Å². The van der Waals surface area contributed by atoms with Gasteiger partial charge in [0.05, 0.1) is 5.52 Å². The third-order valence-electron chi connectivity index (χ3n) is 2.86. The van der Waals surface area contributed by atoms with E-state index in [2.05, 4.69) is 4.98 Å². The zero-order valence-electron chi connectivity index (χ0n) is 10.1. The first-order valence-corrected chi connectivity index (χ1v) is 7.02. The molecule has 0 amide bonds. The number of pyridine rings is 1. The van der Waals surface area contributed by atoms with E-state index in [1.807, 2.05) is 30.3 Å². The fourth-order valence-electron chi connectivity index (χ4n) is 1.86. The molecule has 1 aromatic heterocycles. The predicted octanol–water partition coefficient (Wildman–Crippen LogP) is 2.98. The second-order valence-electron chi connectivity index (χ2n) is 4.18. The molecule has 4 heteroatoms. The van der Waals surface area contributed by atoms with Crippen LogP contribution in [0.2, 0.25) is 0 Å². The van der Waals surface area contributed by atoms with Gasteiger partial charge in [0.2, 0.25) is 0 Å². The number of hydrogen-bond donors (Lipinski definition) is 1. The Labute approximate surface area is 114 Å². The molecular weight excluding hydrogens is 256 g/mol. The van der Waals surface area contributed by atoms with Gasteiger partial charge in [-0.3, -0.25) is 0 Å². The third-order valence-corrected chi connectivity index (χ3v) is 4.16. The standard InChI is InChI=1S/C15H12N2OS/c16-12-6-8-13(9-7-12)19(18)15-10-5-11-3-1-2-4-14(11)17-15/h1-10H,16H2. The molecule has 0 aliphatic carbocycles. The number of fused-ring (bicyclic) bond motifs is 1. The molecule has 1 unspecified atom stereocenters. The van der Waals surface area contributed by atoms with E-state index < -0.39 is 11.2 Å². The van der Waals surface area contributed by atoms with Gasteiger partial charge >= 0.3 is 0 Å². The summed E-state index contributed by atoms with van der Waals surface area (Å²) in [4.78, 5) is 5.15. The Morgan fingerprint density at radius 3 is 2.42 bits per heavy atom. The number of para-hydroxylation sites is 1. The van der Waals surface area contributed by atoms with Crippen LogP contribution in [0.1, 0.15) is 0 Å². The summed E-state index contributed by atoms with van der Waals surface area (Å²) in [6.07, 6.45) is 0. The maximum absolute atomic E-state index is 12.4. The van der Waals surface area contributed by atoms with Crippen molar-refractivity contribution in [2.75, 3.05) is 5.73 Å². The van der Waals surface area contributed by atoms with Crippen molar-refractivity contribution < 1.29 is 4.55 Å². The average Bonchev–Trinajstić information content (AvgIpc) is 2.47. The molecule has 0 radical (unpaired) electrons. The fourth-order valence-corrected chi connectivity index (χ4v) is 2.86. The highest BCUT2D eigenvalue weighted by atomic mass is 32.2. The predicted molar refractivity (Wildman–Crippen MR) is 77.3 cm³/mol. The molecular formula is C15H12N2OS. The maximum atomic E-state index is 12.4. The van der Waals surface area contributed by atoms with E-state index >= 15 is 0 Å². The zero-order valence-corrected chi connectivity index (χ0v) is 10.9. The van der Waals surface area contributed by atoms with Crippen LogP contribution in [0.25, 0.3) is 10.9 Å². The van der Waals surface area contributed by atoms with Crippen molar-refractivity contribution >= 4 is 27.8 Å². The van der Waals surface area contributed by atoms with Gasteiger partial charge in [-0.2, -0.15) is 0 Å². The summed E-state index contributed by atoms with van der Waals surface area (Å²) >= 11 is -1.28. The molecule has 0 fully saturated rings. The molecule has 0 saturated carbocycles. The van der Waals surface area contributed by atoms with Crippen molar-refractivity contribution in [3.63, 3.8) is 0 Å². The number of rotatable bonds is 2. The molecule has 2 aromatic carbocycles. The number of hydrogen-bond acceptors (Lipinski definition) is 3. The summed E-state index contributed by atoms with van der Waals surface area (Å²) < 4.78 is 12.4. The summed E-state index contributed by atoms with van der Waals surface area (Å²) in [5.41, 5.74) is 7.14. The minimum Gasteiger partial charge on any atom is -0.605 e. The Morgan fingerprint density at radius 2 is 1.63 bits per heavy atom. The van der Waals surface area contributed by atoms with Gasteiger partial charge in [-0.1, -0.05) is 18.2 Å². The molecule has 1 atom stereocenters. The van der Waals surface area contributed by atoms with Crippen LogP contribution in [0.3, 0.4) is 0 Å². The number of anilines is 1. The largest absolute Gasteiger partial charge is 0.605 e. The van der Waals surface area contributed by atoms with Crippen molar-refractivity contribution in [2.24, 2.45) is 0 Å². The summed E-state index contributed by atoms with van der Waals surface area (Å²) in [5, 5.41) is 1.60. The normalized spacial score (nSPS) is 12.5. The van der Waals surface area contributed by atoms with Crippen LogP contribution < -0.4 is 5.73 Å². The van der Waals surface area contributed by atoms with Crippen molar-refractivity contribution in [3.05, 3.63) is 60.7 Å². The molecule has 3 aromatic rings. The van der Waals surface area contributed by atoms with E-state index in [4.69, 9.17) is 5.73 Å². The summed E-state index contributed by atoms with van der Waals surface area (Å²) in [7, 11) is 0. The lowest BCUT2D eigenvalue weighted by atomic mass is 10.2. The van der Waals surface area contributed by atoms with Gasteiger partial charge < -0.3 is 10.3 Å². The lowest BCUT2D eigenvalue weighted by Gasteiger charge is -2.09. The maximum Gasteiger partial charge on any atom is 0.250 e. The monoisotopic (exact) mass is 268 g/mol. The molecule has 94 valence electrons. The van der Waals surface area contributed by atoms with Gasteiger partial charge in [-0.25, -0.2) is 4.98 Å². The second kappa shape index (κ2) is 4.91. The highest BCUT2D eigenvalue weighted by Crippen LogP contribution is 2.22. The Balaban J connectivity index is 2.01. The van der Waals surface area contributed by atoms with Gasteiger partial charge in [-0.15, -0.1) is 0 Å². The van der Waals surface area contributed by atoms with Crippen LogP contribution >= 0.6 is 0 Å². The average molecular weight is 268 g/mol. The molecule has 0 saturated heterocycles. The lowest BCUT2D eigenvalue weighted by molar-refractivity contribution is 0.592. The van der Waals surface area contributed by atoms with Gasteiger partial charge in [0, 0.05) is 28.3 Å². The number of nitrogens with two attached hydrogens (primary N) is 1. The Bertz CT molecular complexity index is 713. The molecule has 0 bridgehead atoms. The molecule has 0 spiro atoms. The second-order valence-corrected chi connectivity index (χ2v) is 5.61. The molecule has 2 N–H and O–H groups in total. The quantitative estimate of drug-likeness (QED) is 0.574. The van der Waals surface area contributed by atoms with Crippen molar-refractivity contribution in [1.82, 2.24) is 4.98 Å². The Hall–Kier alpha value is -2.04. The van der Waals surface area contributed by atoms with Gasteiger partial charge in [-0.05, 0) is 36.4 Å². The highest BCUT2D eigenvalue weighted by molar-refractivity contribution is 7.91. The first-order chi connectivity index (χ1) is 9.24. The summed E-state index contributed by atoms with van der Waals surface area (Å²) in [5.74, 6) is 0. The highest BCUT2D eigenvalue weighted by Gasteiger charge is 2.16. The molecule has 3 rings (SSSR count). The SMILES string of the molecule is Nc1ccc([S+]([O-])c2ccc3ccccc3n2)cc1. The van der Waals surface area contributed by atoms with E-state index in [1.165, 1.54) is 0 Å². The van der Waals surface area contributed by atoms with Crippen LogP contribution in [0.4, 0.5) is 5.69 Å². The lowest BCUT2D eigenvalue weighted by Crippen LogP contribution is -2.04. The third kappa shape index (κ3) is 2.41. The summed E-state index contributed by atoms with van der Waals surface area (Å²) in [6, 6.07) is 18.5. The zero-order chi connectivity index (χ0) is 13.2. The van der Waals surface area contributed by atoms with Crippen LogP contribution in [-0.4, -0.2) is 9.54 Å². The van der Waals surface area contributed by atoms with Crippen molar-refractivity contribution in [3.8, 4) is 0 Å². The van der Waals surface area contributed by atoms with Crippen LogP contribution in [0.15, 0.2) is 70.6 Å².